The number of carbonyl (C=O) groups excluding carboxylic acids is 1. The number of nitrogens with zero attached hydrogens (tertiary/aromatic N) is 5. The van der Waals surface area contributed by atoms with Gasteiger partial charge >= 0.3 is 0 Å². The van der Waals surface area contributed by atoms with Crippen molar-refractivity contribution in [1.29, 1.82) is 0 Å². The maximum Gasteiger partial charge on any atom is 0.274 e. The fourth-order valence-electron chi connectivity index (χ4n) is 3.60. The minimum absolute atomic E-state index is 0.120. The van der Waals surface area contributed by atoms with Gasteiger partial charge in [-0.05, 0) is 30.7 Å². The van der Waals surface area contributed by atoms with E-state index >= 15 is 0 Å². The molecule has 0 aliphatic carbocycles. The van der Waals surface area contributed by atoms with E-state index in [1.807, 2.05) is 37.3 Å². The third-order valence-electron chi connectivity index (χ3n) is 5.39. The Hall–Kier alpha value is -3.61. The summed E-state index contributed by atoms with van der Waals surface area (Å²) >= 11 is 0. The molecule has 1 atom stereocenters. The van der Waals surface area contributed by atoms with Crippen molar-refractivity contribution in [2.45, 2.75) is 13.0 Å². The normalized spacial score (nSPS) is 17.0. The van der Waals surface area contributed by atoms with Crippen LogP contribution in [-0.2, 0) is 15.6 Å². The van der Waals surface area contributed by atoms with Crippen LogP contribution < -0.4 is 5.32 Å². The fraction of sp³-hybridized carbons (Fsp3) is 0.238. The van der Waals surface area contributed by atoms with E-state index in [0.717, 1.165) is 5.56 Å². The lowest BCUT2D eigenvalue weighted by molar-refractivity contribution is -0.0190. The van der Waals surface area contributed by atoms with E-state index in [-0.39, 0.29) is 24.9 Å². The summed E-state index contributed by atoms with van der Waals surface area (Å²) in [6, 6.07) is 10.9. The number of imidazole rings is 1. The van der Waals surface area contributed by atoms with Crippen LogP contribution in [-0.4, -0.2) is 57.9 Å². The van der Waals surface area contributed by atoms with E-state index in [9.17, 15) is 13.2 Å². The molecule has 170 valence electrons. The summed E-state index contributed by atoms with van der Waals surface area (Å²) in [6.07, 6.45) is 2.67. The van der Waals surface area contributed by atoms with Crippen LogP contribution in [0, 0.1) is 6.92 Å². The molecule has 1 unspecified atom stereocenters. The number of morpholine rings is 1. The maximum atomic E-state index is 12.9. The lowest BCUT2D eigenvalue weighted by Gasteiger charge is -2.26. The molecule has 0 bridgehead atoms. The highest BCUT2D eigenvalue weighted by Crippen LogP contribution is 2.27. The number of anilines is 1. The van der Waals surface area contributed by atoms with Crippen molar-refractivity contribution in [2.75, 3.05) is 25.0 Å². The summed E-state index contributed by atoms with van der Waals surface area (Å²) in [5, 5.41) is 6.93. The number of amides is 1. The summed E-state index contributed by atoms with van der Waals surface area (Å²) < 4.78 is 36.5. The number of carbonyl (C=O) groups is 1. The van der Waals surface area contributed by atoms with Crippen molar-refractivity contribution in [3.63, 3.8) is 0 Å². The number of hydrogen-bond acceptors (Lipinski definition) is 8. The molecule has 4 aromatic rings. The Kier molecular flexibility index (Phi) is 5.62. The molecule has 4 heterocycles. The fourth-order valence-corrected chi connectivity index (χ4v) is 4.13. The molecule has 33 heavy (non-hydrogen) atoms. The van der Waals surface area contributed by atoms with Gasteiger partial charge < -0.3 is 14.6 Å². The quantitative estimate of drug-likeness (QED) is 0.424. The van der Waals surface area contributed by atoms with Crippen molar-refractivity contribution >= 4 is 28.1 Å². The van der Waals surface area contributed by atoms with Gasteiger partial charge in [0.25, 0.3) is 11.8 Å². The summed E-state index contributed by atoms with van der Waals surface area (Å²) in [7, 11) is -2.70. The molecule has 1 aliphatic rings. The summed E-state index contributed by atoms with van der Waals surface area (Å²) in [4.78, 5) is 21.5. The molecule has 12 heteroatoms. The van der Waals surface area contributed by atoms with Crippen molar-refractivity contribution in [1.82, 2.24) is 23.8 Å². The predicted octanol–water partition coefficient (Wildman–Crippen LogP) is 1.84. The zero-order chi connectivity index (χ0) is 22.9. The lowest BCUT2D eigenvalue weighted by atomic mass is 10.1. The molecule has 11 nitrogen and oxygen atoms in total. The predicted molar refractivity (Wildman–Crippen MR) is 118 cm³/mol. The van der Waals surface area contributed by atoms with Gasteiger partial charge in [-0.3, -0.25) is 9.20 Å². The van der Waals surface area contributed by atoms with Gasteiger partial charge in [-0.15, -0.1) is 0 Å². The number of pyridine rings is 1. The van der Waals surface area contributed by atoms with Crippen LogP contribution in [0.5, 0.6) is 0 Å². The summed E-state index contributed by atoms with van der Waals surface area (Å²) in [5.74, 6) is 0.205. The molecule has 1 saturated heterocycles. The van der Waals surface area contributed by atoms with Crippen LogP contribution >= 0.6 is 0 Å². The first-order valence-electron chi connectivity index (χ1n) is 10.2. The van der Waals surface area contributed by atoms with Gasteiger partial charge in [0.1, 0.15) is 11.3 Å². The highest BCUT2D eigenvalue weighted by Gasteiger charge is 2.28. The molecule has 5 rings (SSSR count). The third-order valence-corrected chi connectivity index (χ3v) is 6.21. The second kappa shape index (κ2) is 8.73. The molecule has 3 aromatic heterocycles. The Morgan fingerprint density at radius 2 is 2.12 bits per heavy atom. The van der Waals surface area contributed by atoms with E-state index in [4.69, 9.17) is 9.26 Å². The molecule has 1 fully saturated rings. The molecular formula is C21H20N6O5S. The molecule has 0 saturated carbocycles. The number of ether oxygens (including phenoxy) is 1. The lowest BCUT2D eigenvalue weighted by Crippen LogP contribution is -2.37. The number of benzene rings is 1. The van der Waals surface area contributed by atoms with Crippen LogP contribution in [0.4, 0.5) is 5.69 Å². The van der Waals surface area contributed by atoms with E-state index in [1.165, 1.54) is 10.5 Å². The van der Waals surface area contributed by atoms with Gasteiger partial charge in [-0.2, -0.15) is 9.29 Å². The SMILES string of the molecule is Cc1ccc(-c2noc(C3CN([SH](=O)=O)CCO3)n2)cc1NC(=O)c1cnc2ccccn12. The van der Waals surface area contributed by atoms with Gasteiger partial charge in [0, 0.05) is 30.5 Å². The van der Waals surface area contributed by atoms with E-state index in [2.05, 4.69) is 20.4 Å². The standard InChI is InChI=1S/C21H20N6O5S/c1-13-5-6-14(19-24-21(32-25-19)17-12-26(33(29)30)8-9-31-17)10-15(13)23-20(28)16-11-22-18-4-2-3-7-27(16)18/h2-7,10-11,17,33H,8-9,12H2,1H3,(H,23,28). The van der Waals surface area contributed by atoms with E-state index < -0.39 is 17.0 Å². The first kappa shape index (κ1) is 21.2. The summed E-state index contributed by atoms with van der Waals surface area (Å²) in [6.45, 7) is 2.54. The number of aryl methyl sites for hydroxylation is 1. The zero-order valence-corrected chi connectivity index (χ0v) is 18.4. The highest BCUT2D eigenvalue weighted by molar-refractivity contribution is 7.69. The van der Waals surface area contributed by atoms with Crippen LogP contribution in [0.1, 0.15) is 28.0 Å². The maximum absolute atomic E-state index is 12.9. The molecule has 0 spiro atoms. The topological polar surface area (TPSA) is 132 Å². The van der Waals surface area contributed by atoms with Crippen molar-refractivity contribution in [2.24, 2.45) is 0 Å². The molecule has 1 N–H and O–H groups in total. The first-order chi connectivity index (χ1) is 16.0. The van der Waals surface area contributed by atoms with E-state index in [1.54, 1.807) is 16.7 Å². The number of hydrogen-bond donors (Lipinski definition) is 2. The van der Waals surface area contributed by atoms with Gasteiger partial charge in [-0.1, -0.05) is 23.4 Å². The minimum Gasteiger partial charge on any atom is -0.366 e. The third kappa shape index (κ3) is 4.23. The summed E-state index contributed by atoms with van der Waals surface area (Å²) in [5.41, 5.74) is 3.17. The smallest absolute Gasteiger partial charge is 0.274 e. The van der Waals surface area contributed by atoms with Gasteiger partial charge in [0.15, 0.2) is 6.10 Å². The van der Waals surface area contributed by atoms with Crippen molar-refractivity contribution in [3.8, 4) is 11.4 Å². The molecule has 0 radical (unpaired) electrons. The van der Waals surface area contributed by atoms with Gasteiger partial charge in [0.05, 0.1) is 12.8 Å². The van der Waals surface area contributed by atoms with Crippen LogP contribution in [0.3, 0.4) is 0 Å². The van der Waals surface area contributed by atoms with E-state index in [0.29, 0.717) is 35.0 Å². The van der Waals surface area contributed by atoms with Gasteiger partial charge in [-0.25, -0.2) is 13.4 Å². The van der Waals surface area contributed by atoms with Crippen molar-refractivity contribution < 1.29 is 22.5 Å². The highest BCUT2D eigenvalue weighted by atomic mass is 32.2. The minimum atomic E-state index is -2.70. The number of nitrogens with one attached hydrogen (secondary N) is 1. The second-order valence-electron chi connectivity index (χ2n) is 7.52. The Morgan fingerprint density at radius 3 is 2.97 bits per heavy atom. The average Bonchev–Trinajstić information content (AvgIpc) is 3.48. The number of aromatic nitrogens is 4. The number of thiol groups is 1. The van der Waals surface area contributed by atoms with Gasteiger partial charge in [0.2, 0.25) is 16.7 Å². The van der Waals surface area contributed by atoms with Crippen LogP contribution in [0.25, 0.3) is 17.0 Å². The zero-order valence-electron chi connectivity index (χ0n) is 17.5. The monoisotopic (exact) mass is 468 g/mol. The van der Waals surface area contributed by atoms with Crippen LogP contribution in [0.2, 0.25) is 0 Å². The number of rotatable bonds is 5. The largest absolute Gasteiger partial charge is 0.366 e. The molecule has 1 amide bonds. The van der Waals surface area contributed by atoms with Crippen LogP contribution in [0.15, 0.2) is 53.3 Å². The molecule has 1 aromatic carbocycles. The Bertz CT molecular complexity index is 1400. The molecule has 1 aliphatic heterocycles. The average molecular weight is 468 g/mol. The Balaban J connectivity index is 1.37. The second-order valence-corrected chi connectivity index (χ2v) is 8.56. The number of fused-ring (bicyclic) bond motifs is 1. The van der Waals surface area contributed by atoms with Crippen molar-refractivity contribution in [3.05, 3.63) is 65.9 Å². The first-order valence-corrected chi connectivity index (χ1v) is 11.3. The Labute approximate surface area is 190 Å². The Morgan fingerprint density at radius 1 is 1.24 bits per heavy atom. The molecular weight excluding hydrogens is 448 g/mol.